The zero-order valence-corrected chi connectivity index (χ0v) is 10.3. The highest BCUT2D eigenvalue weighted by Gasteiger charge is 2.28. The van der Waals surface area contributed by atoms with E-state index < -0.39 is 0 Å². The lowest BCUT2D eigenvalue weighted by Crippen LogP contribution is -2.38. The summed E-state index contributed by atoms with van der Waals surface area (Å²) in [5, 5.41) is 3.49. The highest BCUT2D eigenvalue weighted by Crippen LogP contribution is 2.24. The van der Waals surface area contributed by atoms with Gasteiger partial charge in [0.05, 0.1) is 12.3 Å². The number of aromatic nitrogens is 1. The molecule has 1 heterocycles. The number of ether oxygens (including phenoxy) is 1. The highest BCUT2D eigenvalue weighted by molar-refractivity contribution is 5.14. The predicted octanol–water partition coefficient (Wildman–Crippen LogP) is 2.44. The molecule has 1 saturated carbocycles. The van der Waals surface area contributed by atoms with Crippen LogP contribution in [0, 0.1) is 5.82 Å². The molecule has 1 aliphatic carbocycles. The summed E-state index contributed by atoms with van der Waals surface area (Å²) in [7, 11) is 1.75. The van der Waals surface area contributed by atoms with E-state index in [2.05, 4.69) is 10.3 Å². The van der Waals surface area contributed by atoms with Crippen molar-refractivity contribution >= 4 is 0 Å². The molecule has 3 unspecified atom stereocenters. The van der Waals surface area contributed by atoms with E-state index >= 15 is 0 Å². The third kappa shape index (κ3) is 3.01. The molecule has 0 amide bonds. The Bertz CT molecular complexity index is 372. The SMILES string of the molecule is COC1CCCC1NC(C)c1cncc(F)c1. The molecule has 1 N–H and O–H groups in total. The third-order valence-electron chi connectivity index (χ3n) is 3.45. The van der Waals surface area contributed by atoms with Crippen LogP contribution in [-0.2, 0) is 4.74 Å². The number of nitrogens with zero attached hydrogens (tertiary/aromatic N) is 1. The van der Waals surface area contributed by atoms with E-state index in [9.17, 15) is 4.39 Å². The smallest absolute Gasteiger partial charge is 0.141 e. The van der Waals surface area contributed by atoms with Gasteiger partial charge in [-0.3, -0.25) is 4.98 Å². The number of pyridine rings is 1. The fourth-order valence-electron chi connectivity index (χ4n) is 2.48. The first-order valence-corrected chi connectivity index (χ1v) is 6.10. The number of hydrogen-bond donors (Lipinski definition) is 1. The van der Waals surface area contributed by atoms with Crippen LogP contribution in [0.5, 0.6) is 0 Å². The Balaban J connectivity index is 1.99. The lowest BCUT2D eigenvalue weighted by Gasteiger charge is -2.24. The van der Waals surface area contributed by atoms with E-state index in [1.165, 1.54) is 18.7 Å². The van der Waals surface area contributed by atoms with Crippen molar-refractivity contribution in [3.8, 4) is 0 Å². The number of hydrogen-bond acceptors (Lipinski definition) is 3. The summed E-state index contributed by atoms with van der Waals surface area (Å²) in [6.45, 7) is 2.03. The van der Waals surface area contributed by atoms with Crippen LogP contribution >= 0.6 is 0 Å². The van der Waals surface area contributed by atoms with Gasteiger partial charge >= 0.3 is 0 Å². The van der Waals surface area contributed by atoms with Gasteiger partial charge in [-0.05, 0) is 37.8 Å². The first kappa shape index (κ1) is 12.5. The van der Waals surface area contributed by atoms with Crippen LogP contribution in [0.1, 0.15) is 37.8 Å². The summed E-state index contributed by atoms with van der Waals surface area (Å²) in [5.74, 6) is -0.286. The molecule has 1 aromatic heterocycles. The molecule has 0 aliphatic heterocycles. The Hall–Kier alpha value is -1.00. The average Bonchev–Trinajstić information content (AvgIpc) is 2.76. The maximum Gasteiger partial charge on any atom is 0.141 e. The van der Waals surface area contributed by atoms with Gasteiger partial charge in [0.25, 0.3) is 0 Å². The minimum atomic E-state index is -0.286. The fraction of sp³-hybridized carbons (Fsp3) is 0.615. The van der Waals surface area contributed by atoms with E-state index in [1.54, 1.807) is 13.3 Å². The zero-order valence-electron chi connectivity index (χ0n) is 10.3. The summed E-state index contributed by atoms with van der Waals surface area (Å²) in [6.07, 6.45) is 6.61. The van der Waals surface area contributed by atoms with Crippen LogP contribution < -0.4 is 5.32 Å². The van der Waals surface area contributed by atoms with E-state index in [4.69, 9.17) is 4.74 Å². The van der Waals surface area contributed by atoms with Crippen molar-refractivity contribution in [2.24, 2.45) is 0 Å². The Morgan fingerprint density at radius 2 is 2.29 bits per heavy atom. The lowest BCUT2D eigenvalue weighted by molar-refractivity contribution is 0.0819. The van der Waals surface area contributed by atoms with Crippen LogP contribution in [0.25, 0.3) is 0 Å². The quantitative estimate of drug-likeness (QED) is 0.874. The monoisotopic (exact) mass is 238 g/mol. The highest BCUT2D eigenvalue weighted by atomic mass is 19.1. The summed E-state index contributed by atoms with van der Waals surface area (Å²) in [6, 6.07) is 1.98. The Morgan fingerprint density at radius 3 is 3.00 bits per heavy atom. The molecular formula is C13H19FN2O. The average molecular weight is 238 g/mol. The molecule has 1 aromatic rings. The van der Waals surface area contributed by atoms with Gasteiger partial charge in [0, 0.05) is 25.4 Å². The summed E-state index contributed by atoms with van der Waals surface area (Å²) in [4.78, 5) is 3.87. The number of rotatable bonds is 4. The third-order valence-corrected chi connectivity index (χ3v) is 3.45. The first-order chi connectivity index (χ1) is 8.20. The lowest BCUT2D eigenvalue weighted by atomic mass is 10.1. The second-order valence-electron chi connectivity index (χ2n) is 4.64. The molecule has 2 rings (SSSR count). The zero-order chi connectivity index (χ0) is 12.3. The molecule has 0 saturated heterocycles. The first-order valence-electron chi connectivity index (χ1n) is 6.10. The molecule has 0 spiro atoms. The van der Waals surface area contributed by atoms with Crippen LogP contribution in [0.3, 0.4) is 0 Å². The van der Waals surface area contributed by atoms with Crippen LogP contribution in [0.4, 0.5) is 4.39 Å². The maximum absolute atomic E-state index is 13.1. The molecule has 0 bridgehead atoms. The topological polar surface area (TPSA) is 34.1 Å². The van der Waals surface area contributed by atoms with Gasteiger partial charge in [0.15, 0.2) is 0 Å². The Kier molecular flexibility index (Phi) is 4.07. The minimum Gasteiger partial charge on any atom is -0.380 e. The normalized spacial score (nSPS) is 26.1. The molecule has 1 fully saturated rings. The van der Waals surface area contributed by atoms with Crippen LogP contribution in [0.15, 0.2) is 18.5 Å². The largest absolute Gasteiger partial charge is 0.380 e. The standard InChI is InChI=1S/C13H19FN2O/c1-9(10-6-11(14)8-15-7-10)16-12-4-3-5-13(12)17-2/h6-9,12-13,16H,3-5H2,1-2H3. The number of nitrogens with one attached hydrogen (secondary N) is 1. The van der Waals surface area contributed by atoms with Crippen molar-refractivity contribution in [1.82, 2.24) is 10.3 Å². The van der Waals surface area contributed by atoms with Gasteiger partial charge in [0.2, 0.25) is 0 Å². The summed E-state index contributed by atoms with van der Waals surface area (Å²) >= 11 is 0. The van der Waals surface area contributed by atoms with Crippen molar-refractivity contribution in [3.63, 3.8) is 0 Å². The predicted molar refractivity (Wildman–Crippen MR) is 64.2 cm³/mol. The van der Waals surface area contributed by atoms with E-state index in [0.717, 1.165) is 18.4 Å². The fourth-order valence-corrected chi connectivity index (χ4v) is 2.48. The number of methoxy groups -OCH3 is 1. The molecule has 17 heavy (non-hydrogen) atoms. The Labute approximate surface area is 101 Å². The van der Waals surface area contributed by atoms with Gasteiger partial charge in [-0.15, -0.1) is 0 Å². The van der Waals surface area contributed by atoms with Crippen molar-refractivity contribution in [2.45, 2.75) is 44.4 Å². The van der Waals surface area contributed by atoms with E-state index in [-0.39, 0.29) is 18.0 Å². The molecular weight excluding hydrogens is 219 g/mol. The number of halogens is 1. The Morgan fingerprint density at radius 1 is 1.47 bits per heavy atom. The van der Waals surface area contributed by atoms with Gasteiger partial charge < -0.3 is 10.1 Å². The van der Waals surface area contributed by atoms with Gasteiger partial charge in [0.1, 0.15) is 5.82 Å². The van der Waals surface area contributed by atoms with E-state index in [0.29, 0.717) is 6.04 Å². The van der Waals surface area contributed by atoms with E-state index in [1.807, 2.05) is 6.92 Å². The van der Waals surface area contributed by atoms with Crippen molar-refractivity contribution in [3.05, 3.63) is 29.8 Å². The van der Waals surface area contributed by atoms with Crippen LogP contribution in [0.2, 0.25) is 0 Å². The van der Waals surface area contributed by atoms with Gasteiger partial charge in [-0.2, -0.15) is 0 Å². The van der Waals surface area contributed by atoms with Crippen molar-refractivity contribution in [1.29, 1.82) is 0 Å². The molecule has 0 radical (unpaired) electrons. The molecule has 3 nitrogen and oxygen atoms in total. The van der Waals surface area contributed by atoms with Crippen LogP contribution in [-0.4, -0.2) is 24.2 Å². The van der Waals surface area contributed by atoms with Crippen molar-refractivity contribution in [2.75, 3.05) is 7.11 Å². The molecule has 4 heteroatoms. The summed E-state index contributed by atoms with van der Waals surface area (Å²) < 4.78 is 18.5. The molecule has 94 valence electrons. The maximum atomic E-state index is 13.1. The molecule has 0 aromatic carbocycles. The minimum absolute atomic E-state index is 0.0962. The van der Waals surface area contributed by atoms with Gasteiger partial charge in [-0.25, -0.2) is 4.39 Å². The summed E-state index contributed by atoms with van der Waals surface area (Å²) in [5.41, 5.74) is 0.881. The molecule has 3 atom stereocenters. The van der Waals surface area contributed by atoms with Crippen molar-refractivity contribution < 1.29 is 9.13 Å². The van der Waals surface area contributed by atoms with Gasteiger partial charge in [-0.1, -0.05) is 0 Å². The second-order valence-corrected chi connectivity index (χ2v) is 4.64. The molecule has 1 aliphatic rings. The second kappa shape index (κ2) is 5.56.